The molecule has 2 aromatic rings. The number of carbonyl (C=O) groups is 1. The van der Waals surface area contributed by atoms with Gasteiger partial charge < -0.3 is 14.7 Å². The molecule has 6 nitrogen and oxygen atoms in total. The van der Waals surface area contributed by atoms with Crippen molar-refractivity contribution in [1.29, 1.82) is 0 Å². The molecule has 1 aliphatic heterocycles. The standard InChI is InChI=1S/C17H20N4O2/c22-17(14-10-15(23-20-14)13-3-4-13)19-11-12-5-6-18-16(9-12)21-7-1-2-8-21/h5-6,9-10,13H,1-4,7-8,11H2,(H,19,22). The number of rotatable bonds is 5. The largest absolute Gasteiger partial charge is 0.360 e. The Labute approximate surface area is 134 Å². The Morgan fingerprint density at radius 1 is 1.30 bits per heavy atom. The van der Waals surface area contributed by atoms with E-state index in [0.717, 1.165) is 43.1 Å². The van der Waals surface area contributed by atoms with Crippen molar-refractivity contribution in [2.45, 2.75) is 38.1 Å². The number of amides is 1. The molecule has 6 heteroatoms. The minimum atomic E-state index is -0.194. The van der Waals surface area contributed by atoms with Crippen LogP contribution >= 0.6 is 0 Å². The van der Waals surface area contributed by atoms with Gasteiger partial charge in [0.2, 0.25) is 0 Å². The zero-order valence-electron chi connectivity index (χ0n) is 13.0. The van der Waals surface area contributed by atoms with Gasteiger partial charge in [-0.15, -0.1) is 0 Å². The van der Waals surface area contributed by atoms with Gasteiger partial charge in [-0.25, -0.2) is 4.98 Å². The van der Waals surface area contributed by atoms with Crippen LogP contribution in [-0.2, 0) is 6.54 Å². The van der Waals surface area contributed by atoms with Crippen LogP contribution < -0.4 is 10.2 Å². The zero-order valence-corrected chi connectivity index (χ0v) is 13.0. The molecule has 4 rings (SSSR count). The highest BCUT2D eigenvalue weighted by Crippen LogP contribution is 2.40. The molecule has 1 saturated carbocycles. The maximum Gasteiger partial charge on any atom is 0.273 e. The number of aromatic nitrogens is 2. The van der Waals surface area contributed by atoms with Crippen molar-refractivity contribution in [3.63, 3.8) is 0 Å². The second kappa shape index (κ2) is 6.02. The van der Waals surface area contributed by atoms with Crippen molar-refractivity contribution >= 4 is 11.7 Å². The molecule has 3 heterocycles. The van der Waals surface area contributed by atoms with E-state index < -0.39 is 0 Å². The summed E-state index contributed by atoms with van der Waals surface area (Å²) in [6, 6.07) is 5.73. The molecule has 1 aliphatic carbocycles. The molecule has 120 valence electrons. The molecule has 23 heavy (non-hydrogen) atoms. The molecule has 2 aliphatic rings. The average molecular weight is 312 g/mol. The first-order valence-electron chi connectivity index (χ1n) is 8.24. The van der Waals surface area contributed by atoms with E-state index in [1.165, 1.54) is 12.8 Å². The van der Waals surface area contributed by atoms with E-state index in [-0.39, 0.29) is 5.91 Å². The number of nitrogens with zero attached hydrogens (tertiary/aromatic N) is 3. The van der Waals surface area contributed by atoms with Gasteiger partial charge in [-0.3, -0.25) is 4.79 Å². The van der Waals surface area contributed by atoms with Crippen LogP contribution in [0.1, 0.15) is 53.4 Å². The number of hydrogen-bond acceptors (Lipinski definition) is 5. The lowest BCUT2D eigenvalue weighted by molar-refractivity contribution is 0.0941. The summed E-state index contributed by atoms with van der Waals surface area (Å²) < 4.78 is 5.22. The third-order valence-electron chi connectivity index (χ3n) is 4.43. The van der Waals surface area contributed by atoms with Gasteiger partial charge in [-0.1, -0.05) is 5.16 Å². The van der Waals surface area contributed by atoms with Crippen molar-refractivity contribution in [3.8, 4) is 0 Å². The fraction of sp³-hybridized carbons (Fsp3) is 0.471. The third-order valence-corrected chi connectivity index (χ3v) is 4.43. The van der Waals surface area contributed by atoms with Crippen LogP contribution in [0.3, 0.4) is 0 Å². The topological polar surface area (TPSA) is 71.3 Å². The summed E-state index contributed by atoms with van der Waals surface area (Å²) in [5.74, 6) is 2.09. The van der Waals surface area contributed by atoms with Gasteiger partial charge in [0, 0.05) is 37.8 Å². The Kier molecular flexibility index (Phi) is 3.73. The normalized spacial score (nSPS) is 17.5. The van der Waals surface area contributed by atoms with Crippen LogP contribution in [-0.4, -0.2) is 29.1 Å². The van der Waals surface area contributed by atoms with Crippen LogP contribution in [0.25, 0.3) is 0 Å². The van der Waals surface area contributed by atoms with Gasteiger partial charge in [0.25, 0.3) is 5.91 Å². The summed E-state index contributed by atoms with van der Waals surface area (Å²) in [5, 5.41) is 6.76. The van der Waals surface area contributed by atoms with Gasteiger partial charge in [0.15, 0.2) is 5.69 Å². The molecule has 0 aromatic carbocycles. The van der Waals surface area contributed by atoms with Crippen LogP contribution in [0, 0.1) is 0 Å². The molecule has 0 radical (unpaired) electrons. The molecule has 1 saturated heterocycles. The van der Waals surface area contributed by atoms with E-state index in [4.69, 9.17) is 4.52 Å². The smallest absolute Gasteiger partial charge is 0.273 e. The molecular weight excluding hydrogens is 292 g/mol. The highest BCUT2D eigenvalue weighted by Gasteiger charge is 2.28. The Bertz CT molecular complexity index is 702. The first-order chi connectivity index (χ1) is 11.3. The quantitative estimate of drug-likeness (QED) is 0.918. The Balaban J connectivity index is 1.37. The third kappa shape index (κ3) is 3.21. The highest BCUT2D eigenvalue weighted by atomic mass is 16.5. The first-order valence-corrected chi connectivity index (χ1v) is 8.24. The monoisotopic (exact) mass is 312 g/mol. The SMILES string of the molecule is O=C(NCc1ccnc(N2CCCC2)c1)c1cc(C2CC2)on1. The van der Waals surface area contributed by atoms with Gasteiger partial charge in [-0.2, -0.15) is 0 Å². The average Bonchev–Trinajstić information content (AvgIpc) is 3.09. The molecule has 2 aromatic heterocycles. The molecular formula is C17H20N4O2. The lowest BCUT2D eigenvalue weighted by Gasteiger charge is -2.16. The van der Waals surface area contributed by atoms with Crippen LogP contribution in [0.5, 0.6) is 0 Å². The molecule has 0 unspecified atom stereocenters. The van der Waals surface area contributed by atoms with E-state index in [1.54, 1.807) is 12.3 Å². The number of pyridine rings is 1. The van der Waals surface area contributed by atoms with Gasteiger partial charge >= 0.3 is 0 Å². The summed E-state index contributed by atoms with van der Waals surface area (Å²) in [5.41, 5.74) is 1.40. The predicted octanol–water partition coefficient (Wildman–Crippen LogP) is 2.48. The minimum absolute atomic E-state index is 0.194. The predicted molar refractivity (Wildman–Crippen MR) is 85.3 cm³/mol. The summed E-state index contributed by atoms with van der Waals surface area (Å²) in [7, 11) is 0. The van der Waals surface area contributed by atoms with E-state index in [1.807, 2.05) is 12.1 Å². The lowest BCUT2D eigenvalue weighted by atomic mass is 10.2. The number of carbonyl (C=O) groups excluding carboxylic acids is 1. The van der Waals surface area contributed by atoms with E-state index >= 15 is 0 Å². The summed E-state index contributed by atoms with van der Waals surface area (Å²) in [4.78, 5) is 18.9. The minimum Gasteiger partial charge on any atom is -0.360 e. The second-order valence-corrected chi connectivity index (χ2v) is 6.29. The van der Waals surface area contributed by atoms with E-state index in [0.29, 0.717) is 18.2 Å². The molecule has 0 atom stereocenters. The highest BCUT2D eigenvalue weighted by molar-refractivity contribution is 5.92. The van der Waals surface area contributed by atoms with Gasteiger partial charge in [-0.05, 0) is 43.4 Å². The Hall–Kier alpha value is -2.37. The summed E-state index contributed by atoms with van der Waals surface area (Å²) in [6.45, 7) is 2.59. The van der Waals surface area contributed by atoms with Crippen LogP contribution in [0.4, 0.5) is 5.82 Å². The van der Waals surface area contributed by atoms with Crippen molar-refractivity contribution in [2.75, 3.05) is 18.0 Å². The second-order valence-electron chi connectivity index (χ2n) is 6.29. The number of anilines is 1. The lowest BCUT2D eigenvalue weighted by Crippen LogP contribution is -2.24. The molecule has 0 spiro atoms. The Morgan fingerprint density at radius 2 is 2.13 bits per heavy atom. The summed E-state index contributed by atoms with van der Waals surface area (Å²) >= 11 is 0. The van der Waals surface area contributed by atoms with Gasteiger partial charge in [0.1, 0.15) is 11.6 Å². The summed E-state index contributed by atoms with van der Waals surface area (Å²) in [6.07, 6.45) is 6.51. The molecule has 1 N–H and O–H groups in total. The van der Waals surface area contributed by atoms with Crippen molar-refractivity contribution in [3.05, 3.63) is 41.4 Å². The number of hydrogen-bond donors (Lipinski definition) is 1. The van der Waals surface area contributed by atoms with Gasteiger partial charge in [0.05, 0.1) is 0 Å². The van der Waals surface area contributed by atoms with Crippen LogP contribution in [0.15, 0.2) is 28.9 Å². The molecule has 1 amide bonds. The maximum atomic E-state index is 12.2. The molecule has 0 bridgehead atoms. The fourth-order valence-corrected chi connectivity index (χ4v) is 2.92. The van der Waals surface area contributed by atoms with E-state index in [9.17, 15) is 4.79 Å². The van der Waals surface area contributed by atoms with Crippen molar-refractivity contribution < 1.29 is 9.32 Å². The van der Waals surface area contributed by atoms with Crippen LogP contribution in [0.2, 0.25) is 0 Å². The fourth-order valence-electron chi connectivity index (χ4n) is 2.92. The zero-order chi connectivity index (χ0) is 15.6. The van der Waals surface area contributed by atoms with Crippen molar-refractivity contribution in [1.82, 2.24) is 15.5 Å². The van der Waals surface area contributed by atoms with E-state index in [2.05, 4.69) is 20.4 Å². The van der Waals surface area contributed by atoms with Crippen molar-refractivity contribution in [2.24, 2.45) is 0 Å². The Morgan fingerprint density at radius 3 is 2.91 bits per heavy atom. The maximum absolute atomic E-state index is 12.2. The number of nitrogens with one attached hydrogen (secondary N) is 1. The first kappa shape index (κ1) is 14.2. The molecule has 2 fully saturated rings.